The Kier molecular flexibility index (Phi) is 5.31. The van der Waals surface area contributed by atoms with E-state index in [2.05, 4.69) is 11.4 Å². The normalized spacial score (nSPS) is 15.2. The van der Waals surface area contributed by atoms with Gasteiger partial charge in [-0.25, -0.2) is 0 Å². The highest BCUT2D eigenvalue weighted by Crippen LogP contribution is 2.20. The Morgan fingerprint density at radius 1 is 1.10 bits per heavy atom. The van der Waals surface area contributed by atoms with Gasteiger partial charge in [0, 0.05) is 5.92 Å². The van der Waals surface area contributed by atoms with Crippen molar-refractivity contribution < 1.29 is 14.7 Å². The standard InChI is InChI=1S/C16H23NO3/c1-9-6-7-14(10(2)8-9)13(5)17-15(18)11(3)12(4)16(19)20/h6-8,11-13H,1-5H3,(H,17,18)(H,19,20). The number of hydrogen-bond acceptors (Lipinski definition) is 2. The van der Waals surface area contributed by atoms with Crippen LogP contribution < -0.4 is 5.32 Å². The molecule has 1 aromatic rings. The summed E-state index contributed by atoms with van der Waals surface area (Å²) < 4.78 is 0. The van der Waals surface area contributed by atoms with Crippen molar-refractivity contribution in [3.63, 3.8) is 0 Å². The summed E-state index contributed by atoms with van der Waals surface area (Å²) in [6, 6.07) is 5.95. The number of hydrogen-bond donors (Lipinski definition) is 2. The molecular formula is C16H23NO3. The van der Waals surface area contributed by atoms with Gasteiger partial charge in [0.1, 0.15) is 0 Å². The molecule has 2 N–H and O–H groups in total. The van der Waals surface area contributed by atoms with E-state index in [1.165, 1.54) is 5.56 Å². The van der Waals surface area contributed by atoms with Gasteiger partial charge >= 0.3 is 5.97 Å². The Bertz CT molecular complexity index is 510. The van der Waals surface area contributed by atoms with E-state index in [1.54, 1.807) is 13.8 Å². The fraction of sp³-hybridized carbons (Fsp3) is 0.500. The van der Waals surface area contributed by atoms with Gasteiger partial charge in [-0.2, -0.15) is 0 Å². The van der Waals surface area contributed by atoms with E-state index in [9.17, 15) is 9.59 Å². The molecule has 0 aliphatic carbocycles. The molecule has 4 nitrogen and oxygen atoms in total. The zero-order valence-corrected chi connectivity index (χ0v) is 12.7. The quantitative estimate of drug-likeness (QED) is 0.869. The van der Waals surface area contributed by atoms with Crippen LogP contribution in [0, 0.1) is 25.7 Å². The average molecular weight is 277 g/mol. The third-order valence-corrected chi connectivity index (χ3v) is 3.80. The number of carbonyl (C=O) groups is 2. The van der Waals surface area contributed by atoms with E-state index in [0.29, 0.717) is 0 Å². The highest BCUT2D eigenvalue weighted by atomic mass is 16.4. The van der Waals surface area contributed by atoms with Crippen LogP contribution in [0.3, 0.4) is 0 Å². The van der Waals surface area contributed by atoms with Gasteiger partial charge in [0.2, 0.25) is 5.91 Å². The van der Waals surface area contributed by atoms with Gasteiger partial charge in [-0.15, -0.1) is 0 Å². The number of benzene rings is 1. The summed E-state index contributed by atoms with van der Waals surface area (Å²) in [5.41, 5.74) is 3.36. The third kappa shape index (κ3) is 3.83. The monoisotopic (exact) mass is 277 g/mol. The van der Waals surface area contributed by atoms with Gasteiger partial charge in [-0.05, 0) is 31.9 Å². The summed E-state index contributed by atoms with van der Waals surface area (Å²) in [6.07, 6.45) is 0. The molecule has 1 amide bonds. The van der Waals surface area contributed by atoms with Gasteiger partial charge in [0.15, 0.2) is 0 Å². The first-order valence-electron chi connectivity index (χ1n) is 6.84. The van der Waals surface area contributed by atoms with Crippen molar-refractivity contribution in [2.45, 2.75) is 40.7 Å². The Labute approximate surface area is 120 Å². The lowest BCUT2D eigenvalue weighted by molar-refractivity contribution is -0.146. The molecule has 0 aliphatic heterocycles. The van der Waals surface area contributed by atoms with Gasteiger partial charge in [0.05, 0.1) is 12.0 Å². The van der Waals surface area contributed by atoms with Crippen LogP contribution in [-0.2, 0) is 9.59 Å². The van der Waals surface area contributed by atoms with Crippen molar-refractivity contribution in [1.29, 1.82) is 0 Å². The van der Waals surface area contributed by atoms with Crippen LogP contribution in [0.2, 0.25) is 0 Å². The minimum Gasteiger partial charge on any atom is -0.481 e. The molecule has 1 rings (SSSR count). The molecule has 110 valence electrons. The zero-order valence-electron chi connectivity index (χ0n) is 12.7. The van der Waals surface area contributed by atoms with Crippen molar-refractivity contribution in [1.82, 2.24) is 5.32 Å². The van der Waals surface area contributed by atoms with E-state index in [4.69, 9.17) is 5.11 Å². The maximum atomic E-state index is 12.1. The molecule has 4 heteroatoms. The summed E-state index contributed by atoms with van der Waals surface area (Å²) in [6.45, 7) is 9.13. The van der Waals surface area contributed by atoms with Crippen LogP contribution in [0.25, 0.3) is 0 Å². The molecule has 0 saturated heterocycles. The number of carboxylic acid groups (broad SMARTS) is 1. The number of aryl methyl sites for hydroxylation is 2. The van der Waals surface area contributed by atoms with E-state index in [1.807, 2.05) is 32.9 Å². The zero-order chi connectivity index (χ0) is 15.4. The molecule has 0 saturated carbocycles. The number of nitrogens with one attached hydrogen (secondary N) is 1. The SMILES string of the molecule is Cc1ccc(C(C)NC(=O)C(C)C(C)C(=O)O)c(C)c1. The fourth-order valence-electron chi connectivity index (χ4n) is 2.17. The van der Waals surface area contributed by atoms with Crippen molar-refractivity contribution in [3.8, 4) is 0 Å². The lowest BCUT2D eigenvalue weighted by Gasteiger charge is -2.21. The summed E-state index contributed by atoms with van der Waals surface area (Å²) in [4.78, 5) is 23.0. The number of aliphatic carboxylic acids is 1. The van der Waals surface area contributed by atoms with Gasteiger partial charge in [-0.3, -0.25) is 9.59 Å². The molecule has 0 fully saturated rings. The van der Waals surface area contributed by atoms with Crippen LogP contribution in [0.1, 0.15) is 43.5 Å². The van der Waals surface area contributed by atoms with E-state index in [0.717, 1.165) is 11.1 Å². The first-order chi connectivity index (χ1) is 9.23. The van der Waals surface area contributed by atoms with Gasteiger partial charge in [0.25, 0.3) is 0 Å². The van der Waals surface area contributed by atoms with Gasteiger partial charge in [-0.1, -0.05) is 37.6 Å². The predicted octanol–water partition coefficient (Wildman–Crippen LogP) is 2.84. The van der Waals surface area contributed by atoms with Crippen molar-refractivity contribution in [2.75, 3.05) is 0 Å². The van der Waals surface area contributed by atoms with Crippen LogP contribution in [-0.4, -0.2) is 17.0 Å². The summed E-state index contributed by atoms with van der Waals surface area (Å²) in [5.74, 6) is -2.43. The molecule has 20 heavy (non-hydrogen) atoms. The number of rotatable bonds is 5. The molecule has 0 heterocycles. The maximum Gasteiger partial charge on any atom is 0.307 e. The van der Waals surface area contributed by atoms with Crippen molar-refractivity contribution in [2.24, 2.45) is 11.8 Å². The van der Waals surface area contributed by atoms with E-state index < -0.39 is 17.8 Å². The van der Waals surface area contributed by atoms with Crippen LogP contribution >= 0.6 is 0 Å². The Morgan fingerprint density at radius 2 is 1.70 bits per heavy atom. The summed E-state index contributed by atoms with van der Waals surface area (Å²) in [7, 11) is 0. The lowest BCUT2D eigenvalue weighted by Crippen LogP contribution is -2.36. The second-order valence-corrected chi connectivity index (χ2v) is 5.51. The van der Waals surface area contributed by atoms with Crippen LogP contribution in [0.15, 0.2) is 18.2 Å². The lowest BCUT2D eigenvalue weighted by atomic mass is 9.94. The largest absolute Gasteiger partial charge is 0.481 e. The molecule has 0 aliphatic rings. The Hall–Kier alpha value is -1.84. The number of carbonyl (C=O) groups excluding carboxylic acids is 1. The molecule has 3 atom stereocenters. The first-order valence-corrected chi connectivity index (χ1v) is 6.84. The number of amides is 1. The molecule has 0 bridgehead atoms. The highest BCUT2D eigenvalue weighted by Gasteiger charge is 2.26. The summed E-state index contributed by atoms with van der Waals surface area (Å²) >= 11 is 0. The minimum absolute atomic E-state index is 0.133. The van der Waals surface area contributed by atoms with Crippen molar-refractivity contribution >= 4 is 11.9 Å². The Balaban J connectivity index is 2.77. The van der Waals surface area contributed by atoms with Gasteiger partial charge < -0.3 is 10.4 Å². The number of carboxylic acids is 1. The molecule has 0 spiro atoms. The smallest absolute Gasteiger partial charge is 0.307 e. The molecule has 0 radical (unpaired) electrons. The van der Waals surface area contributed by atoms with E-state index in [-0.39, 0.29) is 11.9 Å². The minimum atomic E-state index is -0.952. The average Bonchev–Trinajstić information content (AvgIpc) is 2.36. The first kappa shape index (κ1) is 16.2. The molecule has 1 aromatic carbocycles. The van der Waals surface area contributed by atoms with Crippen LogP contribution in [0.5, 0.6) is 0 Å². The third-order valence-electron chi connectivity index (χ3n) is 3.80. The second-order valence-electron chi connectivity index (χ2n) is 5.51. The molecular weight excluding hydrogens is 254 g/mol. The summed E-state index contributed by atoms with van der Waals surface area (Å²) in [5, 5.41) is 11.8. The molecule has 0 aromatic heterocycles. The predicted molar refractivity (Wildman–Crippen MR) is 78.4 cm³/mol. The maximum absolute atomic E-state index is 12.1. The molecule has 3 unspecified atom stereocenters. The Morgan fingerprint density at radius 3 is 2.20 bits per heavy atom. The van der Waals surface area contributed by atoms with Crippen LogP contribution in [0.4, 0.5) is 0 Å². The second kappa shape index (κ2) is 6.55. The highest BCUT2D eigenvalue weighted by molar-refractivity contribution is 5.84. The van der Waals surface area contributed by atoms with E-state index >= 15 is 0 Å². The van der Waals surface area contributed by atoms with Crippen molar-refractivity contribution in [3.05, 3.63) is 34.9 Å². The topological polar surface area (TPSA) is 66.4 Å². The fourth-order valence-corrected chi connectivity index (χ4v) is 2.17.